The maximum atomic E-state index is 16.1. The van der Waals surface area contributed by atoms with E-state index in [1.54, 1.807) is 36.3 Å². The van der Waals surface area contributed by atoms with Gasteiger partial charge in [0.25, 0.3) is 5.69 Å². The predicted octanol–water partition coefficient (Wildman–Crippen LogP) is 7.74. The molecule has 0 radical (unpaired) electrons. The molecule has 71 heavy (non-hydrogen) atoms. The summed E-state index contributed by atoms with van der Waals surface area (Å²) in [6, 6.07) is 26.3. The van der Waals surface area contributed by atoms with E-state index < -0.39 is 69.4 Å². The van der Waals surface area contributed by atoms with Gasteiger partial charge in [-0.1, -0.05) is 60.7 Å². The molecule has 1 N–H and O–H groups in total. The number of benzene rings is 4. The Hall–Kier alpha value is -7.74. The SMILES string of the molecule is CC(C)(C)OC(=O)NC1SC2CC(=O)N2C(C(=O)OC(c2ccccc2)c2ccccc2)=C1COC(=O)N1CCN(c2cc3c(cc2F)c(=O)c(C(=O)OCc2ccc([N+](=O)[O-])cc2)cn3C2CC2)CC1. The van der Waals surface area contributed by atoms with Gasteiger partial charge in [0, 0.05) is 61.5 Å². The number of carbonyl (C=O) groups excluding carboxylic acids is 5. The third-order valence-corrected chi connectivity index (χ3v) is 13.7. The molecule has 368 valence electrons. The highest BCUT2D eigenvalue weighted by molar-refractivity contribution is 8.00. The second-order valence-electron chi connectivity index (χ2n) is 18.4. The first kappa shape index (κ1) is 48.3. The average molecular weight is 989 g/mol. The summed E-state index contributed by atoms with van der Waals surface area (Å²) in [5, 5.41) is 12.3. The number of halogens is 1. The van der Waals surface area contributed by atoms with Gasteiger partial charge in [-0.3, -0.25) is 24.6 Å². The zero-order valence-electron chi connectivity index (χ0n) is 38.9. The number of nitrogens with zero attached hydrogens (tertiary/aromatic N) is 5. The van der Waals surface area contributed by atoms with Crippen LogP contribution in [0.2, 0.25) is 0 Å². The van der Waals surface area contributed by atoms with Crippen LogP contribution in [-0.4, -0.2) is 98.5 Å². The van der Waals surface area contributed by atoms with Crippen molar-refractivity contribution in [2.45, 2.75) is 75.1 Å². The molecule has 1 aromatic heterocycles. The summed E-state index contributed by atoms with van der Waals surface area (Å²) in [4.78, 5) is 96.9. The smallest absolute Gasteiger partial charge is 0.410 e. The maximum absolute atomic E-state index is 16.1. The van der Waals surface area contributed by atoms with Gasteiger partial charge in [0.2, 0.25) is 11.3 Å². The first-order chi connectivity index (χ1) is 34.0. The standard InChI is InChI=1S/C51H49FN6O12S/c1-51(2,3)70-49(63)53-46-37(43(57-41(59)26-42(57)71-46)48(62)69-45(31-10-6-4-7-11-31)32-12-8-5-9-13-32)29-68-50(64)55-22-20-54(21-23-55)40-25-39-35(24-38(40)52)44(60)36(27-56(39)33-18-19-33)47(61)67-28-30-14-16-34(17-15-30)58(65)66/h4-17,24-25,27,33,42,45-46H,18-23,26,28-29H2,1-3H3,(H,53,63). The van der Waals surface area contributed by atoms with Crippen LogP contribution in [0.3, 0.4) is 0 Å². The molecule has 4 aliphatic rings. The van der Waals surface area contributed by atoms with Gasteiger partial charge in [-0.05, 0) is 74.6 Å². The summed E-state index contributed by atoms with van der Waals surface area (Å²) in [7, 11) is 0. The Kier molecular flexibility index (Phi) is 13.6. The van der Waals surface area contributed by atoms with Gasteiger partial charge in [-0.25, -0.2) is 23.6 Å². The number of rotatable bonds is 13. The fourth-order valence-electron chi connectivity index (χ4n) is 8.64. The van der Waals surface area contributed by atoms with Crippen molar-refractivity contribution >= 4 is 64.1 Å². The van der Waals surface area contributed by atoms with E-state index in [2.05, 4.69) is 5.32 Å². The number of nitro benzene ring substituents is 1. The summed E-state index contributed by atoms with van der Waals surface area (Å²) in [6.45, 7) is 4.87. The number of fused-ring (bicyclic) bond motifs is 2. The lowest BCUT2D eigenvalue weighted by Crippen LogP contribution is -2.58. The predicted molar refractivity (Wildman–Crippen MR) is 258 cm³/mol. The average Bonchev–Trinajstić information content (AvgIpc) is 4.20. The fraction of sp³-hybridized carbons (Fsp3) is 0.333. The summed E-state index contributed by atoms with van der Waals surface area (Å²) in [5.41, 5.74) is 0.420. The molecule has 3 aliphatic heterocycles. The Labute approximate surface area is 410 Å². The van der Waals surface area contributed by atoms with Crippen LogP contribution >= 0.6 is 11.8 Å². The lowest BCUT2D eigenvalue weighted by Gasteiger charge is -2.47. The molecule has 3 amide bonds. The quantitative estimate of drug-likeness (QED) is 0.0394. The number of esters is 2. The van der Waals surface area contributed by atoms with Crippen LogP contribution in [0, 0.1) is 15.9 Å². The van der Waals surface area contributed by atoms with E-state index in [9.17, 15) is 38.9 Å². The third-order valence-electron chi connectivity index (χ3n) is 12.3. The van der Waals surface area contributed by atoms with E-state index in [1.807, 2.05) is 60.7 Å². The Morgan fingerprint density at radius 1 is 0.859 bits per heavy atom. The number of non-ortho nitro benzene ring substituents is 1. The van der Waals surface area contributed by atoms with E-state index in [-0.39, 0.29) is 84.8 Å². The Bertz CT molecular complexity index is 2970. The molecule has 4 heterocycles. The number of aromatic nitrogens is 1. The van der Waals surface area contributed by atoms with Crippen molar-refractivity contribution in [3.8, 4) is 0 Å². The number of hydrogen-bond donors (Lipinski definition) is 1. The summed E-state index contributed by atoms with van der Waals surface area (Å²) in [6.07, 6.45) is 0.638. The zero-order chi connectivity index (χ0) is 50.1. The van der Waals surface area contributed by atoms with Gasteiger partial charge in [0.05, 0.1) is 27.9 Å². The van der Waals surface area contributed by atoms with Crippen LogP contribution in [0.15, 0.2) is 119 Å². The highest BCUT2D eigenvalue weighted by Gasteiger charge is 2.50. The number of alkyl carbamates (subject to hydrolysis) is 1. The van der Waals surface area contributed by atoms with E-state index in [0.29, 0.717) is 22.2 Å². The monoisotopic (exact) mass is 988 g/mol. The molecule has 20 heteroatoms. The van der Waals surface area contributed by atoms with Crippen molar-refractivity contribution < 1.29 is 52.2 Å². The van der Waals surface area contributed by atoms with Crippen LogP contribution in [0.25, 0.3) is 10.9 Å². The first-order valence-corrected chi connectivity index (χ1v) is 23.9. The number of pyridine rings is 1. The molecule has 2 atom stereocenters. The number of nitrogens with one attached hydrogen (secondary N) is 1. The molecule has 5 aromatic rings. The van der Waals surface area contributed by atoms with Crippen molar-refractivity contribution in [2.24, 2.45) is 0 Å². The largest absolute Gasteiger partial charge is 0.457 e. The van der Waals surface area contributed by atoms with Crippen molar-refractivity contribution in [1.82, 2.24) is 19.7 Å². The molecule has 18 nitrogen and oxygen atoms in total. The van der Waals surface area contributed by atoms with Crippen molar-refractivity contribution in [1.29, 1.82) is 0 Å². The van der Waals surface area contributed by atoms with E-state index in [0.717, 1.165) is 18.9 Å². The molecule has 0 bridgehead atoms. The van der Waals surface area contributed by atoms with Crippen LogP contribution in [0.1, 0.15) is 79.2 Å². The van der Waals surface area contributed by atoms with Crippen LogP contribution in [-0.2, 0) is 35.1 Å². The number of nitro groups is 1. The maximum Gasteiger partial charge on any atom is 0.410 e. The molecule has 2 saturated heterocycles. The number of thioether (sulfide) groups is 1. The number of ether oxygens (including phenoxy) is 4. The van der Waals surface area contributed by atoms with Crippen LogP contribution in [0.4, 0.5) is 25.4 Å². The van der Waals surface area contributed by atoms with Crippen molar-refractivity contribution in [2.75, 3.05) is 37.7 Å². The minimum Gasteiger partial charge on any atom is -0.457 e. The van der Waals surface area contributed by atoms with Crippen LogP contribution in [0.5, 0.6) is 0 Å². The number of anilines is 1. The Morgan fingerprint density at radius 2 is 1.51 bits per heavy atom. The van der Waals surface area contributed by atoms with Gasteiger partial charge in [-0.15, -0.1) is 11.8 Å². The molecule has 0 spiro atoms. The van der Waals surface area contributed by atoms with E-state index in [4.69, 9.17) is 18.9 Å². The number of carbonyl (C=O) groups is 5. The topological polar surface area (TPSA) is 209 Å². The van der Waals surface area contributed by atoms with Gasteiger partial charge in [0.1, 0.15) is 41.3 Å². The molecule has 1 aliphatic carbocycles. The van der Waals surface area contributed by atoms with Crippen LogP contribution < -0.4 is 15.6 Å². The molecule has 1 saturated carbocycles. The number of hydrogen-bond acceptors (Lipinski definition) is 14. The second-order valence-corrected chi connectivity index (χ2v) is 19.7. The minimum absolute atomic E-state index is 0.00931. The van der Waals surface area contributed by atoms with E-state index >= 15 is 4.39 Å². The number of piperazine rings is 1. The molecular weight excluding hydrogens is 940 g/mol. The van der Waals surface area contributed by atoms with Crippen molar-refractivity contribution in [3.05, 3.63) is 163 Å². The summed E-state index contributed by atoms with van der Waals surface area (Å²) >= 11 is 1.20. The first-order valence-electron chi connectivity index (χ1n) is 23.0. The second kappa shape index (κ2) is 19.9. The lowest BCUT2D eigenvalue weighted by molar-refractivity contribution is -0.384. The molecular formula is C51H49FN6O12S. The number of β-lactam (4-membered cyclic amide) rings is 1. The summed E-state index contributed by atoms with van der Waals surface area (Å²) < 4.78 is 41.0. The van der Waals surface area contributed by atoms with Crippen molar-refractivity contribution in [3.63, 3.8) is 0 Å². The fourth-order valence-corrected chi connectivity index (χ4v) is 10.0. The highest BCUT2D eigenvalue weighted by Crippen LogP contribution is 2.45. The van der Waals surface area contributed by atoms with Gasteiger partial charge < -0.3 is 38.6 Å². The number of amides is 3. The Morgan fingerprint density at radius 3 is 2.10 bits per heavy atom. The summed E-state index contributed by atoms with van der Waals surface area (Å²) in [5.74, 6) is -2.85. The normalized spacial score (nSPS) is 17.9. The molecule has 2 unspecified atom stereocenters. The molecule has 3 fully saturated rings. The third kappa shape index (κ3) is 10.6. The molecule has 4 aromatic carbocycles. The molecule has 9 rings (SSSR count). The highest BCUT2D eigenvalue weighted by atomic mass is 32.2. The Balaban J connectivity index is 0.924. The van der Waals surface area contributed by atoms with E-state index in [1.165, 1.54) is 52.0 Å². The van der Waals surface area contributed by atoms with Gasteiger partial charge >= 0.3 is 24.1 Å². The zero-order valence-corrected chi connectivity index (χ0v) is 39.7. The van der Waals surface area contributed by atoms with Gasteiger partial charge in [-0.2, -0.15) is 0 Å². The van der Waals surface area contributed by atoms with Gasteiger partial charge in [0.15, 0.2) is 6.10 Å². The lowest BCUT2D eigenvalue weighted by atomic mass is 10.0. The minimum atomic E-state index is -0.966.